The summed E-state index contributed by atoms with van der Waals surface area (Å²) in [5.74, 6) is -0.114. The first-order valence-electron chi connectivity index (χ1n) is 9.24. The predicted octanol–water partition coefficient (Wildman–Crippen LogP) is 3.88. The van der Waals surface area contributed by atoms with Gasteiger partial charge in [0.05, 0.1) is 18.4 Å². The maximum atomic E-state index is 13.9. The van der Waals surface area contributed by atoms with Crippen LogP contribution < -0.4 is 10.3 Å². The first-order chi connectivity index (χ1) is 14.5. The highest BCUT2D eigenvalue weighted by Crippen LogP contribution is 2.23. The Labute approximate surface area is 173 Å². The predicted molar refractivity (Wildman–Crippen MR) is 112 cm³/mol. The Balaban J connectivity index is 1.99. The fraction of sp³-hybridized carbons (Fsp3) is 0.174. The summed E-state index contributed by atoms with van der Waals surface area (Å²) in [5.41, 5.74) is 0.847. The molecule has 1 heterocycles. The highest BCUT2D eigenvalue weighted by Gasteiger charge is 2.18. The summed E-state index contributed by atoms with van der Waals surface area (Å²) in [7, 11) is 1.58. The van der Waals surface area contributed by atoms with Crippen LogP contribution in [0.3, 0.4) is 0 Å². The first kappa shape index (κ1) is 20.8. The molecule has 0 aliphatic heterocycles. The van der Waals surface area contributed by atoms with Crippen LogP contribution in [0, 0.1) is 24.1 Å². The molecule has 0 fully saturated rings. The highest BCUT2D eigenvalue weighted by molar-refractivity contribution is 5.87. The van der Waals surface area contributed by atoms with Gasteiger partial charge < -0.3 is 9.84 Å². The van der Waals surface area contributed by atoms with Crippen molar-refractivity contribution in [3.63, 3.8) is 0 Å². The summed E-state index contributed by atoms with van der Waals surface area (Å²) in [4.78, 5) is 16.8. The molecule has 152 valence electrons. The van der Waals surface area contributed by atoms with Crippen molar-refractivity contribution >= 4 is 11.9 Å². The minimum Gasteiger partial charge on any atom is -0.497 e. The van der Waals surface area contributed by atoms with Crippen LogP contribution in [-0.2, 0) is 13.0 Å². The number of hydrogen-bond acceptors (Lipinski definition) is 5. The molecule has 3 rings (SSSR count). The molecule has 2 aromatic carbocycles. The van der Waals surface area contributed by atoms with Gasteiger partial charge in [-0.2, -0.15) is 5.26 Å². The van der Waals surface area contributed by atoms with Gasteiger partial charge in [0.25, 0.3) is 5.56 Å². The first-order valence-corrected chi connectivity index (χ1v) is 9.24. The molecular weight excluding hydrogens is 385 g/mol. The van der Waals surface area contributed by atoms with Crippen LogP contribution in [0.2, 0.25) is 0 Å². The SMILES string of the molecule is COc1ccc(CCn2c(O)c(C=Nc3ccccc3F)c(C)c(C#N)c2=O)cc1. The zero-order chi connectivity index (χ0) is 21.7. The molecule has 7 heteroatoms. The maximum Gasteiger partial charge on any atom is 0.271 e. The summed E-state index contributed by atoms with van der Waals surface area (Å²) in [6.45, 7) is 1.71. The Hall–Kier alpha value is -3.92. The molecule has 0 saturated heterocycles. The lowest BCUT2D eigenvalue weighted by Crippen LogP contribution is -2.26. The van der Waals surface area contributed by atoms with Gasteiger partial charge in [-0.1, -0.05) is 24.3 Å². The standard InChI is InChI=1S/C23H20FN3O3/c1-15-18(13-25)22(28)27(12-11-16-7-9-17(30-2)10-8-16)23(29)19(15)14-26-21-6-4-3-5-20(21)24/h3-10,14,29H,11-12H2,1-2H3. The van der Waals surface area contributed by atoms with Gasteiger partial charge in [-0.25, -0.2) is 4.39 Å². The van der Waals surface area contributed by atoms with Crippen molar-refractivity contribution in [3.05, 3.63) is 87.0 Å². The van der Waals surface area contributed by atoms with Crippen LogP contribution in [0.15, 0.2) is 58.3 Å². The van der Waals surface area contributed by atoms with Gasteiger partial charge in [0, 0.05) is 12.8 Å². The second-order valence-electron chi connectivity index (χ2n) is 6.61. The second-order valence-corrected chi connectivity index (χ2v) is 6.61. The number of hydrogen-bond donors (Lipinski definition) is 1. The molecule has 0 aliphatic rings. The number of halogens is 1. The number of para-hydroxylation sites is 1. The van der Waals surface area contributed by atoms with E-state index in [1.54, 1.807) is 38.3 Å². The van der Waals surface area contributed by atoms with E-state index in [-0.39, 0.29) is 29.2 Å². The summed E-state index contributed by atoms with van der Waals surface area (Å²) >= 11 is 0. The number of aromatic nitrogens is 1. The molecule has 0 radical (unpaired) electrons. The summed E-state index contributed by atoms with van der Waals surface area (Å²) in [6, 6.07) is 15.2. The number of aryl methyl sites for hydroxylation is 1. The van der Waals surface area contributed by atoms with Crippen LogP contribution in [0.25, 0.3) is 0 Å². The number of pyridine rings is 1. The van der Waals surface area contributed by atoms with Crippen molar-refractivity contribution in [3.8, 4) is 17.7 Å². The van der Waals surface area contributed by atoms with Crippen LogP contribution in [0.5, 0.6) is 11.6 Å². The van der Waals surface area contributed by atoms with Crippen molar-refractivity contribution in [1.29, 1.82) is 5.26 Å². The Morgan fingerprint density at radius 2 is 1.93 bits per heavy atom. The molecule has 6 nitrogen and oxygen atoms in total. The van der Waals surface area contributed by atoms with E-state index in [0.717, 1.165) is 10.1 Å². The Kier molecular flexibility index (Phi) is 6.28. The molecule has 0 aliphatic carbocycles. The molecule has 1 N–H and O–H groups in total. The van der Waals surface area contributed by atoms with Crippen LogP contribution in [0.4, 0.5) is 10.1 Å². The van der Waals surface area contributed by atoms with E-state index in [0.29, 0.717) is 17.7 Å². The van der Waals surface area contributed by atoms with Gasteiger partial charge in [0.15, 0.2) is 0 Å². The number of ether oxygens (including phenoxy) is 1. The molecule has 0 bridgehead atoms. The van der Waals surface area contributed by atoms with E-state index in [1.807, 2.05) is 18.2 Å². The van der Waals surface area contributed by atoms with Gasteiger partial charge in [-0.15, -0.1) is 0 Å². The monoisotopic (exact) mass is 405 g/mol. The van der Waals surface area contributed by atoms with Crippen molar-refractivity contribution in [2.45, 2.75) is 19.9 Å². The third-order valence-electron chi connectivity index (χ3n) is 4.81. The zero-order valence-corrected chi connectivity index (χ0v) is 16.6. The lowest BCUT2D eigenvalue weighted by molar-refractivity contribution is 0.404. The molecule has 1 aromatic heterocycles. The molecule has 3 aromatic rings. The van der Waals surface area contributed by atoms with E-state index in [2.05, 4.69) is 4.99 Å². The molecule has 0 spiro atoms. The molecule has 0 amide bonds. The van der Waals surface area contributed by atoms with Gasteiger partial charge in [0.2, 0.25) is 5.88 Å². The molecule has 0 atom stereocenters. The van der Waals surface area contributed by atoms with Gasteiger partial charge in [-0.05, 0) is 48.7 Å². The Morgan fingerprint density at radius 3 is 2.57 bits per heavy atom. The lowest BCUT2D eigenvalue weighted by atomic mass is 10.1. The molecule has 30 heavy (non-hydrogen) atoms. The lowest BCUT2D eigenvalue weighted by Gasteiger charge is -2.14. The van der Waals surface area contributed by atoms with E-state index in [4.69, 9.17) is 4.74 Å². The largest absolute Gasteiger partial charge is 0.497 e. The smallest absolute Gasteiger partial charge is 0.271 e. The average molecular weight is 405 g/mol. The number of rotatable bonds is 6. The van der Waals surface area contributed by atoms with Crippen LogP contribution in [-0.4, -0.2) is 23.0 Å². The summed E-state index contributed by atoms with van der Waals surface area (Å²) < 4.78 is 20.1. The quantitative estimate of drug-likeness (QED) is 0.631. The number of benzene rings is 2. The normalized spacial score (nSPS) is 10.9. The number of nitrogens with zero attached hydrogens (tertiary/aromatic N) is 3. The molecular formula is C23H20FN3O3. The highest BCUT2D eigenvalue weighted by atomic mass is 19.1. The van der Waals surface area contributed by atoms with Crippen molar-refractivity contribution in [2.24, 2.45) is 4.99 Å². The summed E-state index contributed by atoms with van der Waals surface area (Å²) in [6.07, 6.45) is 1.72. The van der Waals surface area contributed by atoms with Crippen molar-refractivity contribution in [2.75, 3.05) is 7.11 Å². The fourth-order valence-electron chi connectivity index (χ4n) is 3.06. The third-order valence-corrected chi connectivity index (χ3v) is 4.81. The van der Waals surface area contributed by atoms with Gasteiger partial charge >= 0.3 is 0 Å². The van der Waals surface area contributed by atoms with E-state index in [9.17, 15) is 19.6 Å². The van der Waals surface area contributed by atoms with Crippen LogP contribution >= 0.6 is 0 Å². The Bertz CT molecular complexity index is 1190. The van der Waals surface area contributed by atoms with Gasteiger partial charge in [-0.3, -0.25) is 14.4 Å². The Morgan fingerprint density at radius 1 is 1.23 bits per heavy atom. The number of nitriles is 1. The second kappa shape index (κ2) is 9.05. The average Bonchev–Trinajstić information content (AvgIpc) is 2.75. The third kappa shape index (κ3) is 4.23. The van der Waals surface area contributed by atoms with Crippen molar-refractivity contribution < 1.29 is 14.2 Å². The van der Waals surface area contributed by atoms with Gasteiger partial charge in [0.1, 0.15) is 23.2 Å². The number of methoxy groups -OCH3 is 1. The number of aromatic hydroxyl groups is 1. The maximum absolute atomic E-state index is 13.9. The van der Waals surface area contributed by atoms with Crippen molar-refractivity contribution in [1.82, 2.24) is 4.57 Å². The van der Waals surface area contributed by atoms with Crippen LogP contribution in [0.1, 0.15) is 22.3 Å². The molecule has 0 unspecified atom stereocenters. The minimum absolute atomic E-state index is 0.0856. The van der Waals surface area contributed by atoms with E-state index >= 15 is 0 Å². The number of aliphatic imine (C=N–C) groups is 1. The topological polar surface area (TPSA) is 87.6 Å². The minimum atomic E-state index is -0.580. The zero-order valence-electron chi connectivity index (χ0n) is 16.6. The van der Waals surface area contributed by atoms with E-state index < -0.39 is 11.4 Å². The van der Waals surface area contributed by atoms with E-state index in [1.165, 1.54) is 18.3 Å². The fourth-order valence-corrected chi connectivity index (χ4v) is 3.06. The molecule has 0 saturated carbocycles. The summed E-state index contributed by atoms with van der Waals surface area (Å²) in [5, 5.41) is 20.2.